The van der Waals surface area contributed by atoms with Gasteiger partial charge in [0.25, 0.3) is 0 Å². The predicted octanol–water partition coefficient (Wildman–Crippen LogP) is 5.61. The quantitative estimate of drug-likeness (QED) is 0.715. The van der Waals surface area contributed by atoms with Gasteiger partial charge in [0, 0.05) is 22.7 Å². The summed E-state index contributed by atoms with van der Waals surface area (Å²) in [6.45, 7) is 6.57. The zero-order valence-corrected chi connectivity index (χ0v) is 13.7. The molecule has 1 aromatic carbocycles. The summed E-state index contributed by atoms with van der Waals surface area (Å²) in [5.41, 5.74) is 0.666. The van der Waals surface area contributed by atoms with Crippen molar-refractivity contribution in [3.05, 3.63) is 33.6 Å². The molecule has 112 valence electrons. The molecule has 1 nitrogen and oxygen atoms in total. The Morgan fingerprint density at radius 3 is 2.35 bits per heavy atom. The van der Waals surface area contributed by atoms with E-state index >= 15 is 0 Å². The largest absolute Gasteiger partial charge is 0.307 e. The minimum Gasteiger partial charge on any atom is -0.307 e. The summed E-state index contributed by atoms with van der Waals surface area (Å²) in [5.74, 6) is 1.04. The lowest BCUT2D eigenvalue weighted by Gasteiger charge is -2.34. The molecule has 1 saturated carbocycles. The highest BCUT2D eigenvalue weighted by Crippen LogP contribution is 2.35. The first-order chi connectivity index (χ1) is 9.38. The van der Waals surface area contributed by atoms with Gasteiger partial charge >= 0.3 is 0 Å². The molecule has 3 atom stereocenters. The van der Waals surface area contributed by atoms with Crippen LogP contribution in [0, 0.1) is 17.7 Å². The van der Waals surface area contributed by atoms with E-state index < -0.39 is 5.82 Å². The Hall–Kier alpha value is -0.310. The fourth-order valence-electron chi connectivity index (χ4n) is 3.46. The zero-order valence-electron chi connectivity index (χ0n) is 12.2. The fraction of sp³-hybridized carbons (Fsp3) is 0.625. The Balaban J connectivity index is 2.12. The molecule has 1 aliphatic rings. The highest BCUT2D eigenvalue weighted by Gasteiger charge is 2.26. The molecule has 1 N–H and O–H groups in total. The van der Waals surface area contributed by atoms with Crippen LogP contribution >= 0.6 is 23.2 Å². The van der Waals surface area contributed by atoms with E-state index in [0.717, 1.165) is 24.7 Å². The molecule has 20 heavy (non-hydrogen) atoms. The van der Waals surface area contributed by atoms with Crippen molar-refractivity contribution in [1.82, 2.24) is 5.32 Å². The second-order valence-electron chi connectivity index (χ2n) is 6.26. The highest BCUT2D eigenvalue weighted by atomic mass is 35.5. The lowest BCUT2D eigenvalue weighted by molar-refractivity contribution is 0.228. The Labute approximate surface area is 130 Å². The third-order valence-electron chi connectivity index (χ3n) is 4.18. The number of benzene rings is 1. The van der Waals surface area contributed by atoms with Crippen molar-refractivity contribution in [2.24, 2.45) is 11.8 Å². The first kappa shape index (κ1) is 16.1. The van der Waals surface area contributed by atoms with Crippen molar-refractivity contribution in [1.29, 1.82) is 0 Å². The molecular formula is C16H22Cl2FN. The molecule has 0 aliphatic heterocycles. The van der Waals surface area contributed by atoms with Crippen molar-refractivity contribution >= 4 is 23.2 Å². The maximum absolute atomic E-state index is 13.6. The van der Waals surface area contributed by atoms with Crippen LogP contribution in [0.1, 0.15) is 51.6 Å². The second kappa shape index (κ2) is 6.64. The average molecular weight is 318 g/mol. The van der Waals surface area contributed by atoms with Gasteiger partial charge < -0.3 is 5.32 Å². The number of nitrogens with one attached hydrogen (secondary N) is 1. The van der Waals surface area contributed by atoms with Gasteiger partial charge in [-0.25, -0.2) is 4.39 Å². The van der Waals surface area contributed by atoms with E-state index in [0.29, 0.717) is 16.6 Å². The lowest BCUT2D eigenvalue weighted by Crippen LogP contribution is -2.38. The second-order valence-corrected chi connectivity index (χ2v) is 7.04. The molecule has 0 amide bonds. The van der Waals surface area contributed by atoms with E-state index in [1.54, 1.807) is 6.07 Å². The van der Waals surface area contributed by atoms with Crippen LogP contribution in [0.4, 0.5) is 4.39 Å². The lowest BCUT2D eigenvalue weighted by atomic mass is 9.80. The summed E-state index contributed by atoms with van der Waals surface area (Å²) in [6, 6.07) is 3.28. The predicted molar refractivity (Wildman–Crippen MR) is 83.9 cm³/mol. The number of rotatable bonds is 3. The van der Waals surface area contributed by atoms with Gasteiger partial charge in [0.2, 0.25) is 0 Å². The Morgan fingerprint density at radius 2 is 1.75 bits per heavy atom. The summed E-state index contributed by atoms with van der Waals surface area (Å²) in [4.78, 5) is 0. The Bertz CT molecular complexity index is 468. The number of hydrogen-bond donors (Lipinski definition) is 1. The first-order valence-electron chi connectivity index (χ1n) is 7.28. The van der Waals surface area contributed by atoms with Crippen LogP contribution in [-0.4, -0.2) is 6.04 Å². The summed E-state index contributed by atoms with van der Waals surface area (Å²) in [5, 5.41) is 4.22. The molecule has 1 fully saturated rings. The average Bonchev–Trinajstić information content (AvgIpc) is 2.33. The van der Waals surface area contributed by atoms with Gasteiger partial charge in [-0.1, -0.05) is 37.0 Å². The maximum Gasteiger partial charge on any atom is 0.142 e. The smallest absolute Gasteiger partial charge is 0.142 e. The van der Waals surface area contributed by atoms with Crippen LogP contribution in [0.2, 0.25) is 10.0 Å². The van der Waals surface area contributed by atoms with Crippen molar-refractivity contribution in [2.75, 3.05) is 0 Å². The van der Waals surface area contributed by atoms with Crippen molar-refractivity contribution < 1.29 is 4.39 Å². The Kier molecular flexibility index (Phi) is 5.33. The highest BCUT2D eigenvalue weighted by molar-refractivity contribution is 6.36. The summed E-state index contributed by atoms with van der Waals surface area (Å²) in [6.07, 6.45) is 3.59. The molecule has 0 bridgehead atoms. The van der Waals surface area contributed by atoms with Gasteiger partial charge in [-0.15, -0.1) is 0 Å². The van der Waals surface area contributed by atoms with Crippen LogP contribution in [-0.2, 0) is 0 Å². The van der Waals surface area contributed by atoms with Gasteiger partial charge in [0.1, 0.15) is 5.82 Å². The van der Waals surface area contributed by atoms with Crippen LogP contribution < -0.4 is 5.32 Å². The monoisotopic (exact) mass is 317 g/mol. The molecule has 4 heteroatoms. The molecule has 0 aromatic heterocycles. The molecule has 0 saturated heterocycles. The molecular weight excluding hydrogens is 296 g/mol. The minimum atomic E-state index is -0.412. The van der Waals surface area contributed by atoms with Gasteiger partial charge in [-0.2, -0.15) is 0 Å². The van der Waals surface area contributed by atoms with Crippen LogP contribution in [0.15, 0.2) is 12.1 Å². The fourth-order valence-corrected chi connectivity index (χ4v) is 4.16. The first-order valence-corrected chi connectivity index (χ1v) is 8.03. The summed E-state index contributed by atoms with van der Waals surface area (Å²) in [7, 11) is 0. The minimum absolute atomic E-state index is 0.0480. The summed E-state index contributed by atoms with van der Waals surface area (Å²) >= 11 is 12.2. The molecule has 1 aromatic rings. The van der Waals surface area contributed by atoms with E-state index in [1.165, 1.54) is 12.5 Å². The topological polar surface area (TPSA) is 12.0 Å². The third-order valence-corrected chi connectivity index (χ3v) is 4.89. The maximum atomic E-state index is 13.6. The molecule has 3 unspecified atom stereocenters. The third kappa shape index (κ3) is 3.66. The van der Waals surface area contributed by atoms with E-state index in [2.05, 4.69) is 19.2 Å². The van der Waals surface area contributed by atoms with Crippen molar-refractivity contribution in [2.45, 2.75) is 52.1 Å². The van der Waals surface area contributed by atoms with E-state index in [4.69, 9.17) is 23.2 Å². The number of hydrogen-bond acceptors (Lipinski definition) is 1. The normalized spacial score (nSPS) is 28.4. The molecule has 0 radical (unpaired) electrons. The SMILES string of the molecule is CC1CC(C)CC(NC(C)c2c(Cl)ccc(F)c2Cl)C1. The summed E-state index contributed by atoms with van der Waals surface area (Å²) < 4.78 is 13.6. The molecule has 0 spiro atoms. The molecule has 0 heterocycles. The van der Waals surface area contributed by atoms with Crippen LogP contribution in [0.25, 0.3) is 0 Å². The standard InChI is InChI=1S/C16H22Cl2FN/c1-9-6-10(2)8-12(7-9)20-11(3)15-13(17)4-5-14(19)16(15)18/h4-5,9-12,20H,6-8H2,1-3H3. The van der Waals surface area contributed by atoms with E-state index in [1.807, 2.05) is 6.92 Å². The van der Waals surface area contributed by atoms with Crippen molar-refractivity contribution in [3.63, 3.8) is 0 Å². The van der Waals surface area contributed by atoms with Gasteiger partial charge in [-0.3, -0.25) is 0 Å². The molecule has 1 aliphatic carbocycles. The van der Waals surface area contributed by atoms with Gasteiger partial charge in [0.15, 0.2) is 0 Å². The van der Waals surface area contributed by atoms with Crippen LogP contribution in [0.3, 0.4) is 0 Å². The van der Waals surface area contributed by atoms with Gasteiger partial charge in [-0.05, 0) is 50.2 Å². The van der Waals surface area contributed by atoms with E-state index in [-0.39, 0.29) is 11.1 Å². The molecule has 2 rings (SSSR count). The van der Waals surface area contributed by atoms with Gasteiger partial charge in [0.05, 0.1) is 5.02 Å². The van der Waals surface area contributed by atoms with Crippen molar-refractivity contribution in [3.8, 4) is 0 Å². The van der Waals surface area contributed by atoms with Crippen LogP contribution in [0.5, 0.6) is 0 Å². The zero-order chi connectivity index (χ0) is 14.9. The number of halogens is 3. The Morgan fingerprint density at radius 1 is 1.15 bits per heavy atom. The van der Waals surface area contributed by atoms with E-state index in [9.17, 15) is 4.39 Å².